The number of rotatable bonds is 6. The van der Waals surface area contributed by atoms with Crippen LogP contribution in [-0.4, -0.2) is 37.3 Å². The van der Waals surface area contributed by atoms with Gasteiger partial charge in [-0.2, -0.15) is 0 Å². The van der Waals surface area contributed by atoms with Gasteiger partial charge in [0.2, 0.25) is 0 Å². The highest BCUT2D eigenvalue weighted by Crippen LogP contribution is 2.11. The number of methoxy groups -OCH3 is 1. The molecule has 0 heterocycles. The summed E-state index contributed by atoms with van der Waals surface area (Å²) in [5.74, 6) is 0.185. The summed E-state index contributed by atoms with van der Waals surface area (Å²) < 4.78 is 4.80. The summed E-state index contributed by atoms with van der Waals surface area (Å²) in [4.78, 5) is 10.9. The number of ketones is 1. The average molecular weight is 199 g/mol. The van der Waals surface area contributed by atoms with Gasteiger partial charge < -0.3 is 15.2 Å². The highest BCUT2D eigenvalue weighted by molar-refractivity contribution is 5.92. The Morgan fingerprint density at radius 1 is 1.64 bits per heavy atom. The minimum atomic E-state index is -0.426. The van der Waals surface area contributed by atoms with Crippen molar-refractivity contribution in [3.63, 3.8) is 0 Å². The van der Waals surface area contributed by atoms with Crippen LogP contribution in [0.25, 0.3) is 0 Å². The molecule has 0 saturated carbocycles. The molecule has 4 heteroatoms. The van der Waals surface area contributed by atoms with Gasteiger partial charge >= 0.3 is 0 Å². The summed E-state index contributed by atoms with van der Waals surface area (Å²) in [5.41, 5.74) is 0.986. The number of nitrogens with one attached hydrogen (secondary N) is 1. The molecule has 1 atom stereocenters. The van der Waals surface area contributed by atoms with Crippen molar-refractivity contribution in [2.45, 2.75) is 25.4 Å². The van der Waals surface area contributed by atoms with Gasteiger partial charge in [0.25, 0.3) is 0 Å². The van der Waals surface area contributed by atoms with Crippen LogP contribution in [0.3, 0.4) is 0 Å². The number of carbonyl (C=O) groups is 1. The molecule has 0 amide bonds. The largest absolute Gasteiger partial charge is 0.391 e. The molecule has 0 spiro atoms. The molecule has 0 aromatic heterocycles. The fourth-order valence-corrected chi connectivity index (χ4v) is 1.41. The summed E-state index contributed by atoms with van der Waals surface area (Å²) in [6.45, 7) is 1.04. The van der Waals surface area contributed by atoms with Gasteiger partial charge in [-0.1, -0.05) is 0 Å². The Kier molecular flexibility index (Phi) is 4.62. The van der Waals surface area contributed by atoms with E-state index in [9.17, 15) is 9.90 Å². The maximum absolute atomic E-state index is 10.9. The predicted octanol–water partition coefficient (Wildman–Crippen LogP) is 0.220. The van der Waals surface area contributed by atoms with E-state index >= 15 is 0 Å². The zero-order valence-corrected chi connectivity index (χ0v) is 8.45. The maximum Gasteiger partial charge on any atom is 0.157 e. The second-order valence-corrected chi connectivity index (χ2v) is 3.46. The lowest BCUT2D eigenvalue weighted by molar-refractivity contribution is -0.114. The Labute approximate surface area is 83.9 Å². The van der Waals surface area contributed by atoms with Gasteiger partial charge in [-0.05, 0) is 12.8 Å². The molecule has 0 bridgehead atoms. The molecular formula is C10H17NO3. The van der Waals surface area contributed by atoms with Crippen LogP contribution in [0, 0.1) is 0 Å². The first-order valence-electron chi connectivity index (χ1n) is 4.86. The Morgan fingerprint density at radius 3 is 3.00 bits per heavy atom. The van der Waals surface area contributed by atoms with Gasteiger partial charge in [-0.25, -0.2) is 0 Å². The molecule has 1 rings (SSSR count). The molecule has 1 aliphatic rings. The molecule has 1 unspecified atom stereocenters. The molecule has 0 radical (unpaired) electrons. The summed E-state index contributed by atoms with van der Waals surface area (Å²) >= 11 is 0. The van der Waals surface area contributed by atoms with Gasteiger partial charge in [-0.3, -0.25) is 4.79 Å². The topological polar surface area (TPSA) is 58.6 Å². The number of carbonyl (C=O) groups excluding carboxylic acids is 1. The third-order valence-electron chi connectivity index (χ3n) is 2.16. The molecule has 4 nitrogen and oxygen atoms in total. The number of aliphatic hydroxyl groups excluding tert-OH is 1. The molecule has 0 saturated heterocycles. The highest BCUT2D eigenvalue weighted by Gasteiger charge is 2.11. The third-order valence-corrected chi connectivity index (χ3v) is 2.16. The summed E-state index contributed by atoms with van der Waals surface area (Å²) in [5, 5.41) is 12.4. The van der Waals surface area contributed by atoms with E-state index in [4.69, 9.17) is 4.74 Å². The fourth-order valence-electron chi connectivity index (χ4n) is 1.41. The molecule has 2 N–H and O–H groups in total. The molecule has 80 valence electrons. The van der Waals surface area contributed by atoms with Crippen molar-refractivity contribution in [1.29, 1.82) is 0 Å². The lowest BCUT2D eigenvalue weighted by atomic mass is 10.2. The Balaban J connectivity index is 2.09. The van der Waals surface area contributed by atoms with E-state index in [2.05, 4.69) is 5.32 Å². The van der Waals surface area contributed by atoms with E-state index in [-0.39, 0.29) is 5.78 Å². The first-order chi connectivity index (χ1) is 6.72. The molecule has 0 aliphatic heterocycles. The van der Waals surface area contributed by atoms with Gasteiger partial charge in [0.15, 0.2) is 5.78 Å². The van der Waals surface area contributed by atoms with E-state index in [1.807, 2.05) is 0 Å². The molecule has 0 aromatic rings. The van der Waals surface area contributed by atoms with Crippen molar-refractivity contribution in [2.75, 3.05) is 20.3 Å². The van der Waals surface area contributed by atoms with Crippen LogP contribution >= 0.6 is 0 Å². The molecular weight excluding hydrogens is 182 g/mol. The van der Waals surface area contributed by atoms with E-state index in [1.54, 1.807) is 13.2 Å². The van der Waals surface area contributed by atoms with E-state index in [0.29, 0.717) is 26.0 Å². The van der Waals surface area contributed by atoms with Crippen molar-refractivity contribution in [2.24, 2.45) is 0 Å². The Hall–Kier alpha value is -0.870. The van der Waals surface area contributed by atoms with Crippen LogP contribution in [0.15, 0.2) is 11.8 Å². The monoisotopic (exact) mass is 199 g/mol. The summed E-state index contributed by atoms with van der Waals surface area (Å²) in [6, 6.07) is 0. The lowest BCUT2D eigenvalue weighted by Gasteiger charge is -2.10. The minimum Gasteiger partial charge on any atom is -0.391 e. The van der Waals surface area contributed by atoms with Crippen molar-refractivity contribution >= 4 is 5.78 Å². The number of hydrogen-bond donors (Lipinski definition) is 2. The fraction of sp³-hybridized carbons (Fsp3) is 0.700. The second kappa shape index (κ2) is 5.78. The van der Waals surface area contributed by atoms with Crippen LogP contribution in [0.1, 0.15) is 19.3 Å². The maximum atomic E-state index is 10.9. The quantitative estimate of drug-likeness (QED) is 0.642. The van der Waals surface area contributed by atoms with Crippen molar-refractivity contribution in [3.8, 4) is 0 Å². The second-order valence-electron chi connectivity index (χ2n) is 3.46. The first kappa shape index (κ1) is 11.2. The smallest absolute Gasteiger partial charge is 0.157 e. The zero-order valence-electron chi connectivity index (χ0n) is 8.45. The van der Waals surface area contributed by atoms with Crippen LogP contribution in [-0.2, 0) is 9.53 Å². The van der Waals surface area contributed by atoms with E-state index in [1.165, 1.54) is 0 Å². The summed E-state index contributed by atoms with van der Waals surface area (Å²) in [7, 11) is 1.56. The zero-order chi connectivity index (χ0) is 10.4. The molecule has 14 heavy (non-hydrogen) atoms. The van der Waals surface area contributed by atoms with Crippen LogP contribution in [0.5, 0.6) is 0 Å². The van der Waals surface area contributed by atoms with Gasteiger partial charge in [0.1, 0.15) is 0 Å². The first-order valence-corrected chi connectivity index (χ1v) is 4.86. The third kappa shape index (κ3) is 3.89. The van der Waals surface area contributed by atoms with Gasteiger partial charge in [0.05, 0.1) is 12.7 Å². The Morgan fingerprint density at radius 2 is 2.43 bits per heavy atom. The molecule has 0 aromatic carbocycles. The van der Waals surface area contributed by atoms with Gasteiger partial charge in [0, 0.05) is 31.8 Å². The SMILES string of the molecule is COCC(O)CCNC1=CC(=O)CC1. The minimum absolute atomic E-state index is 0.185. The standard InChI is InChI=1S/C10H17NO3/c1-14-7-10(13)4-5-11-8-2-3-9(12)6-8/h6,10-11,13H,2-5,7H2,1H3. The van der Waals surface area contributed by atoms with Crippen LogP contribution in [0.4, 0.5) is 0 Å². The molecule has 1 aliphatic carbocycles. The number of allylic oxidation sites excluding steroid dienone is 2. The normalized spacial score (nSPS) is 18.1. The van der Waals surface area contributed by atoms with Crippen molar-refractivity contribution < 1.29 is 14.6 Å². The number of aliphatic hydroxyl groups is 1. The summed E-state index contributed by atoms with van der Waals surface area (Å²) in [6.07, 6.45) is 3.27. The van der Waals surface area contributed by atoms with Crippen LogP contribution in [0.2, 0.25) is 0 Å². The van der Waals surface area contributed by atoms with E-state index in [0.717, 1.165) is 12.1 Å². The molecule has 0 fully saturated rings. The Bertz CT molecular complexity index is 225. The number of hydrogen-bond acceptors (Lipinski definition) is 4. The van der Waals surface area contributed by atoms with Crippen LogP contribution < -0.4 is 5.32 Å². The average Bonchev–Trinajstić information content (AvgIpc) is 2.52. The highest BCUT2D eigenvalue weighted by atomic mass is 16.5. The number of ether oxygens (including phenoxy) is 1. The van der Waals surface area contributed by atoms with E-state index < -0.39 is 6.10 Å². The van der Waals surface area contributed by atoms with Crippen molar-refractivity contribution in [1.82, 2.24) is 5.32 Å². The predicted molar refractivity (Wildman–Crippen MR) is 52.8 cm³/mol. The van der Waals surface area contributed by atoms with Gasteiger partial charge in [-0.15, -0.1) is 0 Å². The van der Waals surface area contributed by atoms with Crippen molar-refractivity contribution in [3.05, 3.63) is 11.8 Å². The lowest BCUT2D eigenvalue weighted by Crippen LogP contribution is -2.22.